The Morgan fingerprint density at radius 1 is 1.28 bits per heavy atom. The second kappa shape index (κ2) is 7.96. The highest BCUT2D eigenvalue weighted by molar-refractivity contribution is 6.35. The van der Waals surface area contributed by atoms with Gasteiger partial charge >= 0.3 is 0 Å². The van der Waals surface area contributed by atoms with Gasteiger partial charge in [-0.1, -0.05) is 36.2 Å². The molecule has 4 nitrogen and oxygen atoms in total. The van der Waals surface area contributed by atoms with Crippen LogP contribution in [0.4, 0.5) is 0 Å². The lowest BCUT2D eigenvalue weighted by Crippen LogP contribution is -2.43. The molecule has 2 saturated heterocycles. The Kier molecular flexibility index (Phi) is 5.90. The fourth-order valence-corrected chi connectivity index (χ4v) is 4.28. The van der Waals surface area contributed by atoms with Crippen LogP contribution in [0.2, 0.25) is 10.0 Å². The Bertz CT molecular complexity index is 665. The molecule has 25 heavy (non-hydrogen) atoms. The van der Waals surface area contributed by atoms with Crippen molar-refractivity contribution < 1.29 is 9.59 Å². The van der Waals surface area contributed by atoms with E-state index in [0.29, 0.717) is 41.9 Å². The topological polar surface area (TPSA) is 40.6 Å². The largest absolute Gasteiger partial charge is 0.342 e. The predicted molar refractivity (Wildman–Crippen MR) is 99.8 cm³/mol. The molecule has 1 aromatic carbocycles. The maximum absolute atomic E-state index is 12.7. The molecule has 0 aliphatic carbocycles. The molecule has 2 aliphatic heterocycles. The van der Waals surface area contributed by atoms with Crippen molar-refractivity contribution in [3.05, 3.63) is 33.8 Å². The smallest absolute Gasteiger partial charge is 0.228 e. The zero-order chi connectivity index (χ0) is 18.0. The molecule has 0 saturated carbocycles. The molecule has 0 radical (unpaired) electrons. The Morgan fingerprint density at radius 2 is 2.08 bits per heavy atom. The first kappa shape index (κ1) is 18.5. The predicted octanol–water partition coefficient (Wildman–Crippen LogP) is 3.64. The summed E-state index contributed by atoms with van der Waals surface area (Å²) in [5, 5.41) is 1.22. The first-order valence-electron chi connectivity index (χ1n) is 8.94. The minimum atomic E-state index is -0.196. The third-order valence-corrected chi connectivity index (χ3v) is 5.79. The summed E-state index contributed by atoms with van der Waals surface area (Å²) in [6.45, 7) is 4.94. The van der Waals surface area contributed by atoms with Gasteiger partial charge in [0.05, 0.1) is 5.92 Å². The van der Waals surface area contributed by atoms with Crippen LogP contribution < -0.4 is 0 Å². The van der Waals surface area contributed by atoms with Gasteiger partial charge in [0.25, 0.3) is 0 Å². The zero-order valence-electron chi connectivity index (χ0n) is 14.5. The van der Waals surface area contributed by atoms with Crippen LogP contribution in [0.25, 0.3) is 0 Å². The minimum absolute atomic E-state index is 0.0634. The fraction of sp³-hybridized carbons (Fsp3) is 0.579. The van der Waals surface area contributed by atoms with Gasteiger partial charge in [0.15, 0.2) is 0 Å². The molecule has 6 heteroatoms. The van der Waals surface area contributed by atoms with Gasteiger partial charge in [-0.15, -0.1) is 0 Å². The third kappa shape index (κ3) is 4.48. The average Bonchev–Trinajstić information content (AvgIpc) is 2.94. The van der Waals surface area contributed by atoms with Crippen LogP contribution in [-0.2, 0) is 16.0 Å². The third-order valence-electron chi connectivity index (χ3n) is 5.20. The van der Waals surface area contributed by atoms with E-state index in [4.69, 9.17) is 23.2 Å². The number of carbonyl (C=O) groups is 2. The van der Waals surface area contributed by atoms with Crippen LogP contribution >= 0.6 is 23.2 Å². The molecule has 0 spiro atoms. The van der Waals surface area contributed by atoms with E-state index in [1.807, 2.05) is 11.0 Å². The molecule has 3 rings (SSSR count). The van der Waals surface area contributed by atoms with E-state index in [2.05, 4.69) is 6.92 Å². The van der Waals surface area contributed by atoms with Crippen LogP contribution in [0.15, 0.2) is 18.2 Å². The highest BCUT2D eigenvalue weighted by Gasteiger charge is 2.37. The zero-order valence-corrected chi connectivity index (χ0v) is 16.0. The molecule has 0 aromatic heterocycles. The molecule has 2 aliphatic rings. The van der Waals surface area contributed by atoms with E-state index in [0.717, 1.165) is 25.1 Å². The normalized spacial score (nSPS) is 24.0. The SMILES string of the molecule is CC1CCCN(C(=O)C2CC(=O)N(CCc3ccc(Cl)cc3Cl)C2)C1. The summed E-state index contributed by atoms with van der Waals surface area (Å²) in [7, 11) is 0. The van der Waals surface area contributed by atoms with E-state index in [1.165, 1.54) is 6.42 Å². The standard InChI is InChI=1S/C19H24Cl2N2O2/c1-13-3-2-7-23(11-13)19(25)15-9-18(24)22(12-15)8-6-14-4-5-16(20)10-17(14)21/h4-5,10,13,15H,2-3,6-9,11-12H2,1H3. The molecule has 2 unspecified atom stereocenters. The van der Waals surface area contributed by atoms with E-state index in [1.54, 1.807) is 17.0 Å². The van der Waals surface area contributed by atoms with Crippen LogP contribution in [0, 0.1) is 11.8 Å². The second-order valence-electron chi connectivity index (χ2n) is 7.26. The van der Waals surface area contributed by atoms with Gasteiger partial charge in [-0.25, -0.2) is 0 Å². The van der Waals surface area contributed by atoms with Gasteiger partial charge in [-0.2, -0.15) is 0 Å². The number of hydrogen-bond acceptors (Lipinski definition) is 2. The van der Waals surface area contributed by atoms with Gasteiger partial charge in [-0.05, 0) is 42.9 Å². The number of nitrogens with zero attached hydrogens (tertiary/aromatic N) is 2. The summed E-state index contributed by atoms with van der Waals surface area (Å²) in [4.78, 5) is 28.8. The van der Waals surface area contributed by atoms with Crippen LogP contribution in [0.3, 0.4) is 0 Å². The molecule has 2 atom stereocenters. The molecular weight excluding hydrogens is 359 g/mol. The lowest BCUT2D eigenvalue weighted by atomic mass is 9.98. The maximum atomic E-state index is 12.7. The lowest BCUT2D eigenvalue weighted by Gasteiger charge is -2.32. The number of carbonyl (C=O) groups excluding carboxylic acids is 2. The van der Waals surface area contributed by atoms with Crippen LogP contribution in [0.5, 0.6) is 0 Å². The Labute approximate surface area is 159 Å². The molecule has 2 heterocycles. The Hall–Kier alpha value is -1.26. The maximum Gasteiger partial charge on any atom is 0.228 e. The molecule has 0 bridgehead atoms. The van der Waals surface area contributed by atoms with Gasteiger partial charge < -0.3 is 9.80 Å². The van der Waals surface area contributed by atoms with Crippen molar-refractivity contribution in [2.45, 2.75) is 32.6 Å². The first-order chi connectivity index (χ1) is 11.9. The molecule has 1 aromatic rings. The van der Waals surface area contributed by atoms with E-state index in [9.17, 15) is 9.59 Å². The van der Waals surface area contributed by atoms with Crippen molar-refractivity contribution in [2.24, 2.45) is 11.8 Å². The van der Waals surface area contributed by atoms with Gasteiger partial charge in [-0.3, -0.25) is 9.59 Å². The first-order valence-corrected chi connectivity index (χ1v) is 9.70. The van der Waals surface area contributed by atoms with Gasteiger partial charge in [0.2, 0.25) is 11.8 Å². The quantitative estimate of drug-likeness (QED) is 0.797. The van der Waals surface area contributed by atoms with Crippen LogP contribution in [-0.4, -0.2) is 47.8 Å². The van der Waals surface area contributed by atoms with E-state index >= 15 is 0 Å². The summed E-state index contributed by atoms with van der Waals surface area (Å²) >= 11 is 12.1. The van der Waals surface area contributed by atoms with Crippen molar-refractivity contribution in [2.75, 3.05) is 26.2 Å². The molecular formula is C19H24Cl2N2O2. The summed E-state index contributed by atoms with van der Waals surface area (Å²) in [5.41, 5.74) is 0.971. The number of hydrogen-bond donors (Lipinski definition) is 0. The molecule has 2 fully saturated rings. The highest BCUT2D eigenvalue weighted by atomic mass is 35.5. The van der Waals surface area contributed by atoms with E-state index < -0.39 is 0 Å². The summed E-state index contributed by atoms with van der Waals surface area (Å²) < 4.78 is 0. The highest BCUT2D eigenvalue weighted by Crippen LogP contribution is 2.25. The van der Waals surface area contributed by atoms with Crippen molar-refractivity contribution in [3.63, 3.8) is 0 Å². The van der Waals surface area contributed by atoms with Crippen molar-refractivity contribution >= 4 is 35.0 Å². The number of rotatable bonds is 4. The lowest BCUT2D eigenvalue weighted by molar-refractivity contribution is -0.137. The molecule has 0 N–H and O–H groups in total. The average molecular weight is 383 g/mol. The van der Waals surface area contributed by atoms with Gasteiger partial charge in [0.1, 0.15) is 0 Å². The van der Waals surface area contributed by atoms with Crippen molar-refractivity contribution in [3.8, 4) is 0 Å². The van der Waals surface area contributed by atoms with Gasteiger partial charge in [0, 0.05) is 42.6 Å². The minimum Gasteiger partial charge on any atom is -0.342 e. The van der Waals surface area contributed by atoms with Crippen LogP contribution in [0.1, 0.15) is 31.7 Å². The monoisotopic (exact) mass is 382 g/mol. The number of piperidine rings is 1. The number of halogens is 2. The summed E-state index contributed by atoms with van der Waals surface area (Å²) in [6.07, 6.45) is 3.25. The Balaban J connectivity index is 1.56. The number of benzene rings is 1. The second-order valence-corrected chi connectivity index (χ2v) is 8.10. The van der Waals surface area contributed by atoms with Crippen molar-refractivity contribution in [1.82, 2.24) is 9.80 Å². The van der Waals surface area contributed by atoms with E-state index in [-0.39, 0.29) is 17.7 Å². The fourth-order valence-electron chi connectivity index (χ4n) is 3.78. The number of likely N-dealkylation sites (tertiary alicyclic amines) is 2. The summed E-state index contributed by atoms with van der Waals surface area (Å²) in [5.74, 6) is 0.567. The molecule has 2 amide bonds. The Morgan fingerprint density at radius 3 is 2.80 bits per heavy atom. The van der Waals surface area contributed by atoms with Crippen molar-refractivity contribution in [1.29, 1.82) is 0 Å². The molecule has 136 valence electrons. The summed E-state index contributed by atoms with van der Waals surface area (Å²) in [6, 6.07) is 5.41. The number of amides is 2.